The van der Waals surface area contributed by atoms with Gasteiger partial charge in [-0.25, -0.2) is 0 Å². The number of carbonyl (C=O) groups excluding carboxylic acids is 2. The SMILES string of the molecule is COc1ccc(CNC(=O)c2ccc3c(c2)NC(=O)[C@@H]2CCCCN32)cc1. The zero-order valence-electron chi connectivity index (χ0n) is 15.3. The summed E-state index contributed by atoms with van der Waals surface area (Å²) in [6.07, 6.45) is 3.05. The molecule has 0 saturated carbocycles. The van der Waals surface area contributed by atoms with Crippen molar-refractivity contribution in [2.24, 2.45) is 0 Å². The average molecular weight is 365 g/mol. The molecule has 2 N–H and O–H groups in total. The Labute approximate surface area is 158 Å². The molecular formula is C21H23N3O3. The van der Waals surface area contributed by atoms with Crippen LogP contribution in [-0.2, 0) is 11.3 Å². The maximum absolute atomic E-state index is 12.5. The summed E-state index contributed by atoms with van der Waals surface area (Å²) in [7, 11) is 1.62. The van der Waals surface area contributed by atoms with Crippen LogP contribution < -0.4 is 20.3 Å². The lowest BCUT2D eigenvalue weighted by molar-refractivity contribution is -0.118. The topological polar surface area (TPSA) is 70.7 Å². The highest BCUT2D eigenvalue weighted by molar-refractivity contribution is 6.05. The summed E-state index contributed by atoms with van der Waals surface area (Å²) in [5.74, 6) is 0.646. The third-order valence-corrected chi connectivity index (χ3v) is 5.24. The Morgan fingerprint density at radius 1 is 1.22 bits per heavy atom. The molecule has 0 radical (unpaired) electrons. The Balaban J connectivity index is 1.47. The van der Waals surface area contributed by atoms with Crippen LogP contribution >= 0.6 is 0 Å². The number of anilines is 2. The van der Waals surface area contributed by atoms with Crippen LogP contribution in [-0.4, -0.2) is 31.5 Å². The van der Waals surface area contributed by atoms with Gasteiger partial charge in [-0.2, -0.15) is 0 Å². The second-order valence-corrected chi connectivity index (χ2v) is 6.96. The fourth-order valence-corrected chi connectivity index (χ4v) is 3.76. The fraction of sp³-hybridized carbons (Fsp3) is 0.333. The number of nitrogens with one attached hydrogen (secondary N) is 2. The van der Waals surface area contributed by atoms with E-state index in [0.29, 0.717) is 12.1 Å². The molecule has 140 valence electrons. The van der Waals surface area contributed by atoms with Crippen molar-refractivity contribution in [1.82, 2.24) is 5.32 Å². The maximum atomic E-state index is 12.5. The summed E-state index contributed by atoms with van der Waals surface area (Å²) in [6.45, 7) is 1.31. The zero-order chi connectivity index (χ0) is 18.8. The third kappa shape index (κ3) is 3.47. The summed E-state index contributed by atoms with van der Waals surface area (Å²) >= 11 is 0. The van der Waals surface area contributed by atoms with Crippen LogP contribution in [0.15, 0.2) is 42.5 Å². The Hall–Kier alpha value is -3.02. The Kier molecular flexibility index (Phi) is 4.71. The van der Waals surface area contributed by atoms with E-state index in [1.807, 2.05) is 36.4 Å². The molecule has 2 aliphatic heterocycles. The molecule has 0 spiro atoms. The van der Waals surface area contributed by atoms with Crippen LogP contribution in [0.3, 0.4) is 0 Å². The van der Waals surface area contributed by atoms with Crippen LogP contribution in [0.2, 0.25) is 0 Å². The lowest BCUT2D eigenvalue weighted by Crippen LogP contribution is -2.50. The molecule has 1 saturated heterocycles. The van der Waals surface area contributed by atoms with Crippen molar-refractivity contribution in [3.05, 3.63) is 53.6 Å². The number of carbonyl (C=O) groups is 2. The fourth-order valence-electron chi connectivity index (χ4n) is 3.76. The standard InChI is InChI=1S/C21H23N3O3/c1-27-16-8-5-14(6-9-16)13-22-20(25)15-7-10-18-17(12-15)23-21(26)19-4-2-3-11-24(18)19/h5-10,12,19H,2-4,11,13H2,1H3,(H,22,25)(H,23,26)/t19-/m0/s1. The molecule has 2 aliphatic rings. The van der Waals surface area contributed by atoms with E-state index in [2.05, 4.69) is 15.5 Å². The van der Waals surface area contributed by atoms with Gasteiger partial charge < -0.3 is 20.3 Å². The Bertz CT molecular complexity index is 863. The van der Waals surface area contributed by atoms with E-state index in [4.69, 9.17) is 4.74 Å². The quantitative estimate of drug-likeness (QED) is 0.874. The van der Waals surface area contributed by atoms with E-state index in [1.54, 1.807) is 13.2 Å². The van der Waals surface area contributed by atoms with Crippen molar-refractivity contribution in [2.45, 2.75) is 31.8 Å². The van der Waals surface area contributed by atoms with Crippen molar-refractivity contribution < 1.29 is 14.3 Å². The van der Waals surface area contributed by atoms with Gasteiger partial charge in [-0.3, -0.25) is 9.59 Å². The summed E-state index contributed by atoms with van der Waals surface area (Å²) < 4.78 is 5.14. The molecule has 2 heterocycles. The summed E-state index contributed by atoms with van der Waals surface area (Å²) in [5.41, 5.74) is 3.26. The predicted molar refractivity (Wildman–Crippen MR) is 104 cm³/mol. The smallest absolute Gasteiger partial charge is 0.251 e. The van der Waals surface area contributed by atoms with Gasteiger partial charge in [0.05, 0.1) is 18.5 Å². The highest BCUT2D eigenvalue weighted by atomic mass is 16.5. The second kappa shape index (κ2) is 7.31. The first-order valence-corrected chi connectivity index (χ1v) is 9.28. The van der Waals surface area contributed by atoms with Crippen molar-refractivity contribution in [1.29, 1.82) is 0 Å². The third-order valence-electron chi connectivity index (χ3n) is 5.24. The largest absolute Gasteiger partial charge is 0.497 e. The lowest BCUT2D eigenvalue weighted by Gasteiger charge is -2.41. The van der Waals surface area contributed by atoms with Gasteiger partial charge in [0, 0.05) is 18.7 Å². The van der Waals surface area contributed by atoms with Crippen molar-refractivity contribution in [3.8, 4) is 5.75 Å². The number of ether oxygens (including phenoxy) is 1. The van der Waals surface area contributed by atoms with E-state index in [1.165, 1.54) is 0 Å². The second-order valence-electron chi connectivity index (χ2n) is 6.96. The van der Waals surface area contributed by atoms with Gasteiger partial charge >= 0.3 is 0 Å². The molecule has 2 aromatic carbocycles. The van der Waals surface area contributed by atoms with Crippen LogP contribution in [0.1, 0.15) is 35.2 Å². The van der Waals surface area contributed by atoms with Gasteiger partial charge in [0.25, 0.3) is 5.91 Å². The van der Waals surface area contributed by atoms with Crippen molar-refractivity contribution in [3.63, 3.8) is 0 Å². The number of rotatable bonds is 4. The van der Waals surface area contributed by atoms with Gasteiger partial charge in [0.1, 0.15) is 11.8 Å². The van der Waals surface area contributed by atoms with E-state index >= 15 is 0 Å². The van der Waals surface area contributed by atoms with E-state index in [0.717, 1.165) is 48.5 Å². The summed E-state index contributed by atoms with van der Waals surface area (Å²) in [5, 5.41) is 5.89. The first-order chi connectivity index (χ1) is 13.2. The Morgan fingerprint density at radius 3 is 2.81 bits per heavy atom. The molecule has 0 aliphatic carbocycles. The van der Waals surface area contributed by atoms with Gasteiger partial charge in [-0.05, 0) is 55.2 Å². The number of methoxy groups -OCH3 is 1. The molecule has 4 rings (SSSR count). The van der Waals surface area contributed by atoms with Crippen LogP contribution in [0, 0.1) is 0 Å². The summed E-state index contributed by atoms with van der Waals surface area (Å²) in [6, 6.07) is 13.0. The highest BCUT2D eigenvalue weighted by Crippen LogP contribution is 2.36. The zero-order valence-corrected chi connectivity index (χ0v) is 15.3. The Morgan fingerprint density at radius 2 is 2.04 bits per heavy atom. The maximum Gasteiger partial charge on any atom is 0.251 e. The molecular weight excluding hydrogens is 342 g/mol. The summed E-state index contributed by atoms with van der Waals surface area (Å²) in [4.78, 5) is 27.1. The molecule has 0 unspecified atom stereocenters. The minimum absolute atomic E-state index is 0.0259. The monoisotopic (exact) mass is 365 g/mol. The first kappa shape index (κ1) is 17.4. The molecule has 2 amide bonds. The molecule has 0 bridgehead atoms. The molecule has 6 heteroatoms. The predicted octanol–water partition coefficient (Wildman–Crippen LogP) is 2.94. The number of hydrogen-bond acceptors (Lipinski definition) is 4. The number of amides is 2. The van der Waals surface area contributed by atoms with Crippen LogP contribution in [0.4, 0.5) is 11.4 Å². The van der Waals surface area contributed by atoms with E-state index in [-0.39, 0.29) is 17.9 Å². The van der Waals surface area contributed by atoms with Gasteiger partial charge in [-0.1, -0.05) is 12.1 Å². The molecule has 6 nitrogen and oxygen atoms in total. The number of nitrogens with zero attached hydrogens (tertiary/aromatic N) is 1. The normalized spacial score (nSPS) is 18.2. The minimum Gasteiger partial charge on any atom is -0.497 e. The number of hydrogen-bond donors (Lipinski definition) is 2. The highest BCUT2D eigenvalue weighted by Gasteiger charge is 2.34. The van der Waals surface area contributed by atoms with Gasteiger partial charge in [-0.15, -0.1) is 0 Å². The van der Waals surface area contributed by atoms with Crippen molar-refractivity contribution in [2.75, 3.05) is 23.9 Å². The molecule has 2 aromatic rings. The van der Waals surface area contributed by atoms with Crippen molar-refractivity contribution >= 4 is 23.2 Å². The first-order valence-electron chi connectivity index (χ1n) is 9.28. The van der Waals surface area contributed by atoms with Gasteiger partial charge in [0.2, 0.25) is 5.91 Å². The molecule has 1 fully saturated rings. The van der Waals surface area contributed by atoms with Gasteiger partial charge in [0.15, 0.2) is 0 Å². The number of piperidine rings is 1. The minimum atomic E-state index is -0.163. The lowest BCUT2D eigenvalue weighted by atomic mass is 9.97. The number of fused-ring (bicyclic) bond motifs is 3. The van der Waals surface area contributed by atoms with Crippen LogP contribution in [0.5, 0.6) is 5.75 Å². The molecule has 0 aromatic heterocycles. The molecule has 1 atom stereocenters. The van der Waals surface area contributed by atoms with Crippen LogP contribution in [0.25, 0.3) is 0 Å². The molecule has 27 heavy (non-hydrogen) atoms. The average Bonchev–Trinajstić information content (AvgIpc) is 2.72. The number of benzene rings is 2. The van der Waals surface area contributed by atoms with E-state index in [9.17, 15) is 9.59 Å². The van der Waals surface area contributed by atoms with E-state index < -0.39 is 0 Å².